The zero-order valence-electron chi connectivity index (χ0n) is 10.4. The largest absolute Gasteiger partial charge is 0.383 e. The van der Waals surface area contributed by atoms with Gasteiger partial charge in [0.1, 0.15) is 0 Å². The van der Waals surface area contributed by atoms with Gasteiger partial charge in [0.15, 0.2) is 0 Å². The summed E-state index contributed by atoms with van der Waals surface area (Å²) in [7, 11) is 1.67. The Bertz CT molecular complexity index is 492. The molecule has 92 valence electrons. The monoisotopic (exact) mass is 233 g/mol. The van der Waals surface area contributed by atoms with Gasteiger partial charge in [0, 0.05) is 31.5 Å². The van der Waals surface area contributed by atoms with Gasteiger partial charge < -0.3 is 10.5 Å². The van der Waals surface area contributed by atoms with E-state index in [1.54, 1.807) is 7.11 Å². The highest BCUT2D eigenvalue weighted by Crippen LogP contribution is 2.19. The van der Waals surface area contributed by atoms with Crippen molar-refractivity contribution in [2.24, 2.45) is 5.73 Å². The van der Waals surface area contributed by atoms with Gasteiger partial charge in [-0.3, -0.25) is 4.68 Å². The summed E-state index contributed by atoms with van der Waals surface area (Å²) in [5.41, 5.74) is 8.22. The van der Waals surface area contributed by atoms with Gasteiger partial charge in [-0.1, -0.05) is 18.2 Å². The molecule has 17 heavy (non-hydrogen) atoms. The molecule has 0 fully saturated rings. The van der Waals surface area contributed by atoms with Crippen LogP contribution in [0.3, 0.4) is 0 Å². The van der Waals surface area contributed by atoms with Crippen LogP contribution in [0.5, 0.6) is 0 Å². The highest BCUT2D eigenvalue weighted by Gasteiger charge is 2.12. The van der Waals surface area contributed by atoms with Gasteiger partial charge in [-0.2, -0.15) is 5.10 Å². The van der Waals surface area contributed by atoms with Gasteiger partial charge in [-0.25, -0.2) is 0 Å². The first-order valence-corrected chi connectivity index (χ1v) is 5.95. The smallest absolute Gasteiger partial charge is 0.0719 e. The number of hydrogen-bond acceptors (Lipinski definition) is 3. The Balaban J connectivity index is 2.33. The number of ether oxygens (including phenoxy) is 1. The quantitative estimate of drug-likeness (QED) is 0.853. The van der Waals surface area contributed by atoms with Crippen molar-refractivity contribution in [2.75, 3.05) is 13.7 Å². The van der Waals surface area contributed by atoms with Crippen molar-refractivity contribution >= 4 is 10.9 Å². The van der Waals surface area contributed by atoms with Crippen molar-refractivity contribution in [1.82, 2.24) is 9.78 Å². The number of hydrogen-bond donors (Lipinski definition) is 1. The number of nitrogens with zero attached hydrogens (tertiary/aromatic N) is 2. The van der Waals surface area contributed by atoms with Gasteiger partial charge in [-0.05, 0) is 13.0 Å². The lowest BCUT2D eigenvalue weighted by Crippen LogP contribution is -2.28. The molecular formula is C13H19N3O. The SMILES string of the molecule is CCn1nc(CC(N)COC)c2ccccc21. The van der Waals surface area contributed by atoms with Gasteiger partial charge in [0.05, 0.1) is 17.8 Å². The molecule has 1 aromatic carbocycles. The third-order valence-electron chi connectivity index (χ3n) is 2.87. The molecule has 0 saturated heterocycles. The molecule has 1 aromatic heterocycles. The van der Waals surface area contributed by atoms with Crippen LogP contribution < -0.4 is 5.73 Å². The van der Waals surface area contributed by atoms with E-state index >= 15 is 0 Å². The van der Waals surface area contributed by atoms with E-state index in [2.05, 4.69) is 24.2 Å². The lowest BCUT2D eigenvalue weighted by atomic mass is 10.1. The predicted molar refractivity (Wildman–Crippen MR) is 69.0 cm³/mol. The van der Waals surface area contributed by atoms with Crippen LogP contribution in [-0.2, 0) is 17.7 Å². The van der Waals surface area contributed by atoms with Crippen molar-refractivity contribution in [2.45, 2.75) is 25.9 Å². The van der Waals surface area contributed by atoms with Crippen molar-refractivity contribution in [3.63, 3.8) is 0 Å². The minimum absolute atomic E-state index is 0.00334. The molecule has 1 heterocycles. The third-order valence-corrected chi connectivity index (χ3v) is 2.87. The normalized spacial score (nSPS) is 13.1. The molecule has 1 atom stereocenters. The molecule has 0 aliphatic heterocycles. The molecule has 1 unspecified atom stereocenters. The molecule has 2 rings (SSSR count). The van der Waals surface area contributed by atoms with Crippen LogP contribution in [-0.4, -0.2) is 29.5 Å². The summed E-state index contributed by atoms with van der Waals surface area (Å²) in [5.74, 6) is 0. The van der Waals surface area contributed by atoms with Crippen LogP contribution in [0.15, 0.2) is 24.3 Å². The fraction of sp³-hybridized carbons (Fsp3) is 0.462. The van der Waals surface area contributed by atoms with E-state index in [4.69, 9.17) is 10.5 Å². The molecule has 0 saturated carbocycles. The molecule has 0 aliphatic rings. The van der Waals surface area contributed by atoms with E-state index in [1.807, 2.05) is 16.8 Å². The molecule has 4 heteroatoms. The number of fused-ring (bicyclic) bond motifs is 1. The Hall–Kier alpha value is -1.39. The second-order valence-corrected chi connectivity index (χ2v) is 4.20. The van der Waals surface area contributed by atoms with Crippen molar-refractivity contribution in [1.29, 1.82) is 0 Å². The summed E-state index contributed by atoms with van der Waals surface area (Å²) in [6, 6.07) is 8.27. The average Bonchev–Trinajstić information content (AvgIpc) is 2.68. The zero-order valence-corrected chi connectivity index (χ0v) is 10.4. The molecule has 0 bridgehead atoms. The fourth-order valence-electron chi connectivity index (χ4n) is 2.11. The van der Waals surface area contributed by atoms with Crippen molar-refractivity contribution in [3.8, 4) is 0 Å². The summed E-state index contributed by atoms with van der Waals surface area (Å²) >= 11 is 0. The van der Waals surface area contributed by atoms with Gasteiger partial charge in [0.2, 0.25) is 0 Å². The number of rotatable bonds is 5. The third kappa shape index (κ3) is 2.48. The van der Waals surface area contributed by atoms with Crippen molar-refractivity contribution in [3.05, 3.63) is 30.0 Å². The van der Waals surface area contributed by atoms with Crippen molar-refractivity contribution < 1.29 is 4.74 Å². The first-order valence-electron chi connectivity index (χ1n) is 5.95. The molecule has 0 radical (unpaired) electrons. The number of nitrogens with two attached hydrogens (primary N) is 1. The van der Waals surface area contributed by atoms with Crippen LogP contribution in [0.4, 0.5) is 0 Å². The summed E-state index contributed by atoms with van der Waals surface area (Å²) in [5, 5.41) is 5.81. The lowest BCUT2D eigenvalue weighted by molar-refractivity contribution is 0.179. The van der Waals surface area contributed by atoms with Crippen LogP contribution in [0, 0.1) is 0 Å². The Labute approximate surface area is 101 Å². The maximum absolute atomic E-state index is 5.98. The number of aromatic nitrogens is 2. The van der Waals surface area contributed by atoms with Crippen LogP contribution in [0.25, 0.3) is 10.9 Å². The highest BCUT2D eigenvalue weighted by atomic mass is 16.5. The minimum atomic E-state index is 0.00334. The predicted octanol–water partition coefficient (Wildman–Crippen LogP) is 1.57. The minimum Gasteiger partial charge on any atom is -0.383 e. The summed E-state index contributed by atoms with van der Waals surface area (Å²) in [6.45, 7) is 3.53. The van der Waals surface area contributed by atoms with Crippen LogP contribution in [0.2, 0.25) is 0 Å². The standard InChI is InChI=1S/C13H19N3O/c1-3-16-13-7-5-4-6-11(13)12(15-16)8-10(14)9-17-2/h4-7,10H,3,8-9,14H2,1-2H3. The number of aryl methyl sites for hydroxylation is 1. The molecule has 4 nitrogen and oxygen atoms in total. The second-order valence-electron chi connectivity index (χ2n) is 4.20. The van der Waals surface area contributed by atoms with E-state index in [1.165, 1.54) is 10.9 Å². The highest BCUT2D eigenvalue weighted by molar-refractivity contribution is 5.82. The number of methoxy groups -OCH3 is 1. The van der Waals surface area contributed by atoms with Gasteiger partial charge in [-0.15, -0.1) is 0 Å². The van der Waals surface area contributed by atoms with E-state index in [9.17, 15) is 0 Å². The average molecular weight is 233 g/mol. The molecular weight excluding hydrogens is 214 g/mol. The Morgan fingerprint density at radius 3 is 2.88 bits per heavy atom. The van der Waals surface area contributed by atoms with Gasteiger partial charge >= 0.3 is 0 Å². The van der Waals surface area contributed by atoms with Crippen LogP contribution in [0.1, 0.15) is 12.6 Å². The fourth-order valence-corrected chi connectivity index (χ4v) is 2.11. The Kier molecular flexibility index (Phi) is 3.76. The maximum Gasteiger partial charge on any atom is 0.0719 e. The second kappa shape index (κ2) is 5.29. The van der Waals surface area contributed by atoms with E-state index < -0.39 is 0 Å². The topological polar surface area (TPSA) is 53.1 Å². The maximum atomic E-state index is 5.98. The first kappa shape index (κ1) is 12.1. The molecule has 0 spiro atoms. The van der Waals surface area contributed by atoms with E-state index in [0.717, 1.165) is 18.7 Å². The summed E-state index contributed by atoms with van der Waals surface area (Å²) < 4.78 is 7.08. The molecule has 2 N–H and O–H groups in total. The summed E-state index contributed by atoms with van der Waals surface area (Å²) in [4.78, 5) is 0. The summed E-state index contributed by atoms with van der Waals surface area (Å²) in [6.07, 6.45) is 0.751. The van der Waals surface area contributed by atoms with Crippen LogP contribution >= 0.6 is 0 Å². The van der Waals surface area contributed by atoms with E-state index in [0.29, 0.717) is 6.61 Å². The molecule has 2 aromatic rings. The number of benzene rings is 1. The zero-order chi connectivity index (χ0) is 12.3. The Morgan fingerprint density at radius 1 is 1.41 bits per heavy atom. The van der Waals surface area contributed by atoms with Gasteiger partial charge in [0.25, 0.3) is 0 Å². The molecule has 0 amide bonds. The van der Waals surface area contributed by atoms with E-state index in [-0.39, 0.29) is 6.04 Å². The first-order chi connectivity index (χ1) is 8.26. The lowest BCUT2D eigenvalue weighted by Gasteiger charge is -2.08. The Morgan fingerprint density at radius 2 is 2.18 bits per heavy atom. The molecule has 0 aliphatic carbocycles. The number of para-hydroxylation sites is 1.